The van der Waals surface area contributed by atoms with Gasteiger partial charge in [-0.2, -0.15) is 0 Å². The normalized spacial score (nSPS) is 15.0. The van der Waals surface area contributed by atoms with Gasteiger partial charge in [0.15, 0.2) is 0 Å². The lowest BCUT2D eigenvalue weighted by Gasteiger charge is -2.39. The Morgan fingerprint density at radius 1 is 0.818 bits per heavy atom. The summed E-state index contributed by atoms with van der Waals surface area (Å²) in [5.74, 6) is -0.0713. The summed E-state index contributed by atoms with van der Waals surface area (Å²) in [5.41, 5.74) is 2.98. The smallest absolute Gasteiger partial charge is 0.253 e. The number of amides is 1. The van der Waals surface area contributed by atoms with Crippen molar-refractivity contribution >= 4 is 15.9 Å². The summed E-state index contributed by atoms with van der Waals surface area (Å²) in [4.78, 5) is 17.5. The van der Waals surface area contributed by atoms with Crippen molar-refractivity contribution in [3.63, 3.8) is 0 Å². The van der Waals surface area contributed by atoms with Crippen molar-refractivity contribution in [3.8, 4) is 0 Å². The van der Waals surface area contributed by atoms with Gasteiger partial charge in [-0.25, -0.2) is 13.1 Å². The highest BCUT2D eigenvalue weighted by Gasteiger charge is 2.28. The van der Waals surface area contributed by atoms with Crippen molar-refractivity contribution in [3.05, 3.63) is 102 Å². The number of hydrogen-bond acceptors (Lipinski definition) is 4. The van der Waals surface area contributed by atoms with Crippen molar-refractivity contribution < 1.29 is 13.2 Å². The van der Waals surface area contributed by atoms with Crippen LogP contribution in [0.1, 0.15) is 34.5 Å². The van der Waals surface area contributed by atoms with Crippen molar-refractivity contribution in [2.75, 3.05) is 32.7 Å². The summed E-state index contributed by atoms with van der Waals surface area (Å²) >= 11 is 0. The first-order chi connectivity index (χ1) is 16.0. The molecule has 7 heteroatoms. The molecule has 3 aromatic rings. The second-order valence-corrected chi connectivity index (χ2v) is 9.84. The Labute approximate surface area is 195 Å². The molecule has 0 aromatic heterocycles. The zero-order valence-corrected chi connectivity index (χ0v) is 19.5. The van der Waals surface area contributed by atoms with Crippen LogP contribution in [-0.2, 0) is 10.0 Å². The summed E-state index contributed by atoms with van der Waals surface area (Å²) in [6.07, 6.45) is 0. The van der Waals surface area contributed by atoms with Crippen molar-refractivity contribution in [2.24, 2.45) is 0 Å². The van der Waals surface area contributed by atoms with Gasteiger partial charge in [0.1, 0.15) is 0 Å². The standard InChI is InChI=1S/C26H29N3O3S/c1-2-27-33(31,32)24-15-13-23(14-16-24)26(30)29-19-17-28(18-20-29)25(21-9-5-3-6-10-21)22-11-7-4-8-12-22/h3-16,25,27H,2,17-20H2,1H3. The summed E-state index contributed by atoms with van der Waals surface area (Å²) in [7, 11) is -3.53. The zero-order chi connectivity index (χ0) is 23.3. The third-order valence-electron chi connectivity index (χ3n) is 5.94. The molecule has 3 aromatic carbocycles. The van der Waals surface area contributed by atoms with E-state index in [4.69, 9.17) is 0 Å². The maximum absolute atomic E-state index is 13.0. The summed E-state index contributed by atoms with van der Waals surface area (Å²) < 4.78 is 26.7. The Hall–Kier alpha value is -3.00. The molecular formula is C26H29N3O3S. The van der Waals surface area contributed by atoms with Crippen LogP contribution >= 0.6 is 0 Å². The van der Waals surface area contributed by atoms with E-state index in [1.165, 1.54) is 23.3 Å². The maximum Gasteiger partial charge on any atom is 0.253 e. The fourth-order valence-corrected chi connectivity index (χ4v) is 5.34. The molecule has 0 unspecified atom stereocenters. The first kappa shape index (κ1) is 23.2. The molecule has 1 amide bonds. The minimum absolute atomic E-state index is 0.0713. The highest BCUT2D eigenvalue weighted by Crippen LogP contribution is 2.29. The first-order valence-electron chi connectivity index (χ1n) is 11.2. The number of rotatable bonds is 7. The summed E-state index contributed by atoms with van der Waals surface area (Å²) in [5, 5.41) is 0. The Bertz CT molecular complexity index is 1120. The number of sulfonamides is 1. The Morgan fingerprint density at radius 2 is 1.33 bits per heavy atom. The lowest BCUT2D eigenvalue weighted by Crippen LogP contribution is -2.49. The molecule has 0 saturated carbocycles. The van der Waals surface area contributed by atoms with Gasteiger partial charge in [0.25, 0.3) is 5.91 Å². The van der Waals surface area contributed by atoms with Crippen LogP contribution in [0.5, 0.6) is 0 Å². The van der Waals surface area contributed by atoms with Crippen molar-refractivity contribution in [2.45, 2.75) is 17.9 Å². The Morgan fingerprint density at radius 3 is 1.82 bits per heavy atom. The van der Waals surface area contributed by atoms with Gasteiger partial charge in [-0.15, -0.1) is 0 Å². The van der Waals surface area contributed by atoms with E-state index in [-0.39, 0.29) is 16.8 Å². The molecule has 4 rings (SSSR count). The average molecular weight is 464 g/mol. The van der Waals surface area contributed by atoms with E-state index in [1.807, 2.05) is 17.0 Å². The number of hydrogen-bond donors (Lipinski definition) is 1. The number of nitrogens with zero attached hydrogens (tertiary/aromatic N) is 2. The number of carbonyl (C=O) groups is 1. The van der Waals surface area contributed by atoms with E-state index in [1.54, 1.807) is 19.1 Å². The summed E-state index contributed by atoms with van der Waals surface area (Å²) in [6, 6.07) is 27.2. The molecule has 1 saturated heterocycles. The molecule has 1 heterocycles. The van der Waals surface area contributed by atoms with Gasteiger partial charge in [-0.1, -0.05) is 67.6 Å². The Kier molecular flexibility index (Phi) is 7.23. The van der Waals surface area contributed by atoms with E-state index in [2.05, 4.69) is 58.2 Å². The fourth-order valence-electron chi connectivity index (χ4n) is 4.30. The van der Waals surface area contributed by atoms with Crippen LogP contribution in [-0.4, -0.2) is 56.8 Å². The van der Waals surface area contributed by atoms with Crippen LogP contribution in [0.3, 0.4) is 0 Å². The number of carbonyl (C=O) groups excluding carboxylic acids is 1. The van der Waals surface area contributed by atoms with Gasteiger partial charge in [0.2, 0.25) is 10.0 Å². The molecule has 33 heavy (non-hydrogen) atoms. The average Bonchev–Trinajstić information content (AvgIpc) is 2.86. The van der Waals surface area contributed by atoms with Crippen LogP contribution in [0.25, 0.3) is 0 Å². The molecule has 0 radical (unpaired) electrons. The molecule has 0 aliphatic carbocycles. The Balaban J connectivity index is 1.46. The van der Waals surface area contributed by atoms with Gasteiger partial charge >= 0.3 is 0 Å². The van der Waals surface area contributed by atoms with E-state index in [9.17, 15) is 13.2 Å². The molecule has 172 valence electrons. The zero-order valence-electron chi connectivity index (χ0n) is 18.7. The lowest BCUT2D eigenvalue weighted by molar-refractivity contribution is 0.0597. The van der Waals surface area contributed by atoms with Gasteiger partial charge in [-0.05, 0) is 35.4 Å². The molecular weight excluding hydrogens is 434 g/mol. The van der Waals surface area contributed by atoms with E-state index in [0.29, 0.717) is 25.2 Å². The number of nitrogens with one attached hydrogen (secondary N) is 1. The van der Waals surface area contributed by atoms with Crippen LogP contribution in [0.15, 0.2) is 89.8 Å². The highest BCUT2D eigenvalue weighted by atomic mass is 32.2. The quantitative estimate of drug-likeness (QED) is 0.582. The topological polar surface area (TPSA) is 69.7 Å². The maximum atomic E-state index is 13.0. The van der Waals surface area contributed by atoms with Crippen molar-refractivity contribution in [1.29, 1.82) is 0 Å². The van der Waals surface area contributed by atoms with E-state index < -0.39 is 10.0 Å². The molecule has 1 fully saturated rings. The first-order valence-corrected chi connectivity index (χ1v) is 12.7. The van der Waals surface area contributed by atoms with E-state index in [0.717, 1.165) is 13.1 Å². The van der Waals surface area contributed by atoms with Crippen molar-refractivity contribution in [1.82, 2.24) is 14.5 Å². The SMILES string of the molecule is CCNS(=O)(=O)c1ccc(C(=O)N2CCN(C(c3ccccc3)c3ccccc3)CC2)cc1. The van der Waals surface area contributed by atoms with Gasteiger partial charge < -0.3 is 4.90 Å². The molecule has 1 aliphatic heterocycles. The van der Waals surface area contributed by atoms with E-state index >= 15 is 0 Å². The lowest BCUT2D eigenvalue weighted by atomic mass is 9.96. The molecule has 1 N–H and O–H groups in total. The number of benzene rings is 3. The predicted molar refractivity (Wildman–Crippen MR) is 130 cm³/mol. The number of piperazine rings is 1. The van der Waals surface area contributed by atoms with Crippen LogP contribution in [0.2, 0.25) is 0 Å². The largest absolute Gasteiger partial charge is 0.336 e. The van der Waals surface area contributed by atoms with Gasteiger partial charge in [-0.3, -0.25) is 9.69 Å². The second-order valence-electron chi connectivity index (χ2n) is 8.08. The third kappa shape index (κ3) is 5.33. The van der Waals surface area contributed by atoms with Gasteiger partial charge in [0, 0.05) is 38.3 Å². The molecule has 1 aliphatic rings. The highest BCUT2D eigenvalue weighted by molar-refractivity contribution is 7.89. The minimum atomic E-state index is -3.53. The van der Waals surface area contributed by atoms with Crippen LogP contribution in [0.4, 0.5) is 0 Å². The monoisotopic (exact) mass is 463 g/mol. The minimum Gasteiger partial charge on any atom is -0.336 e. The third-order valence-corrected chi connectivity index (χ3v) is 7.50. The molecule has 0 atom stereocenters. The second kappa shape index (κ2) is 10.3. The molecule has 6 nitrogen and oxygen atoms in total. The van der Waals surface area contributed by atoms with Crippen LogP contribution in [0, 0.1) is 0 Å². The predicted octanol–water partition coefficient (Wildman–Crippen LogP) is 3.53. The van der Waals surface area contributed by atoms with Crippen LogP contribution < -0.4 is 4.72 Å². The molecule has 0 spiro atoms. The van der Waals surface area contributed by atoms with Gasteiger partial charge in [0.05, 0.1) is 10.9 Å². The molecule has 0 bridgehead atoms. The summed E-state index contributed by atoms with van der Waals surface area (Å²) in [6.45, 7) is 4.80. The fraction of sp³-hybridized carbons (Fsp3) is 0.269.